The van der Waals surface area contributed by atoms with Crippen molar-refractivity contribution in [2.24, 2.45) is 0 Å². The number of aromatic nitrogens is 2. The molecule has 3 rings (SSSR count). The molecular formula is C20H24ClN3O4. The van der Waals surface area contributed by atoms with E-state index in [0.717, 1.165) is 12.8 Å². The minimum Gasteiger partial charge on any atom is -0.394 e. The minimum atomic E-state index is -0.633. The molecule has 8 heteroatoms. The van der Waals surface area contributed by atoms with E-state index in [1.165, 1.54) is 10.7 Å². The van der Waals surface area contributed by atoms with E-state index in [1.54, 1.807) is 38.3 Å². The quantitative estimate of drug-likeness (QED) is 0.658. The lowest BCUT2D eigenvalue weighted by Gasteiger charge is -2.34. The minimum absolute atomic E-state index is 0.0184. The summed E-state index contributed by atoms with van der Waals surface area (Å²) in [4.78, 5) is 25.0. The number of carbonyl (C=O) groups excluding carboxylic acids is 2. The zero-order valence-corrected chi connectivity index (χ0v) is 16.6. The van der Waals surface area contributed by atoms with E-state index >= 15 is 0 Å². The number of amides is 1. The molecule has 1 fully saturated rings. The van der Waals surface area contributed by atoms with Crippen molar-refractivity contribution >= 4 is 23.3 Å². The molecule has 0 unspecified atom stereocenters. The lowest BCUT2D eigenvalue weighted by atomic mass is 9.89. The van der Waals surface area contributed by atoms with Crippen LogP contribution in [0.25, 0.3) is 0 Å². The number of hydrogen-bond acceptors (Lipinski definition) is 5. The molecule has 150 valence electrons. The summed E-state index contributed by atoms with van der Waals surface area (Å²) in [5.74, 6) is -0.499. The van der Waals surface area contributed by atoms with Crippen molar-refractivity contribution in [3.05, 3.63) is 52.3 Å². The van der Waals surface area contributed by atoms with E-state index in [9.17, 15) is 14.7 Å². The molecule has 1 aliphatic carbocycles. The van der Waals surface area contributed by atoms with Crippen LogP contribution in [0.2, 0.25) is 5.02 Å². The van der Waals surface area contributed by atoms with E-state index in [1.807, 2.05) is 0 Å². The molecule has 0 saturated heterocycles. The van der Waals surface area contributed by atoms with Gasteiger partial charge >= 0.3 is 0 Å². The summed E-state index contributed by atoms with van der Waals surface area (Å²) in [6, 6.07) is 7.87. The van der Waals surface area contributed by atoms with Gasteiger partial charge in [0.25, 0.3) is 5.91 Å². The van der Waals surface area contributed by atoms with Gasteiger partial charge in [-0.2, -0.15) is 5.10 Å². The van der Waals surface area contributed by atoms with Crippen molar-refractivity contribution in [1.29, 1.82) is 0 Å². The van der Waals surface area contributed by atoms with Gasteiger partial charge in [0.1, 0.15) is 17.4 Å². The van der Waals surface area contributed by atoms with Crippen molar-refractivity contribution in [3.8, 4) is 0 Å². The second-order valence-corrected chi connectivity index (χ2v) is 7.33. The summed E-state index contributed by atoms with van der Waals surface area (Å²) < 4.78 is 6.66. The Morgan fingerprint density at radius 2 is 2.14 bits per heavy atom. The summed E-state index contributed by atoms with van der Waals surface area (Å²) >= 11 is 6.08. The van der Waals surface area contributed by atoms with Crippen molar-refractivity contribution < 1.29 is 19.4 Å². The summed E-state index contributed by atoms with van der Waals surface area (Å²) in [5.41, 5.74) is 1.14. The first-order chi connectivity index (χ1) is 13.5. The monoisotopic (exact) mass is 405 g/mol. The van der Waals surface area contributed by atoms with E-state index in [4.69, 9.17) is 16.3 Å². The van der Waals surface area contributed by atoms with Crippen LogP contribution in [-0.2, 0) is 4.74 Å². The zero-order chi connectivity index (χ0) is 20.3. The standard InChI is InChI=1S/C20H24ClN3O4/c1-3-19(26)16-10-17(20(27)22-14-8-15(9-14)28-2)24(23-16)18(11-25)12-5-4-6-13(21)7-12/h4-7,10,14-15,18,25H,3,8-9,11H2,1-2H3,(H,22,27)/t14?,15?,18-/m0/s1. The number of methoxy groups -OCH3 is 1. The number of aliphatic hydroxyl groups is 1. The smallest absolute Gasteiger partial charge is 0.269 e. The Hall–Kier alpha value is -2.22. The molecule has 0 radical (unpaired) electrons. The summed E-state index contributed by atoms with van der Waals surface area (Å²) in [6.45, 7) is 1.44. The number of hydrogen-bond donors (Lipinski definition) is 2. The SMILES string of the molecule is CCC(=O)c1cc(C(=O)NC2CC(OC)C2)n([C@@H](CO)c2cccc(Cl)c2)n1. The number of carbonyl (C=O) groups is 2. The fourth-order valence-electron chi connectivity index (χ4n) is 3.29. The van der Waals surface area contributed by atoms with Crippen LogP contribution in [-0.4, -0.2) is 52.4 Å². The molecule has 2 N–H and O–H groups in total. The van der Waals surface area contributed by atoms with Gasteiger partial charge in [0.15, 0.2) is 5.78 Å². The van der Waals surface area contributed by atoms with Gasteiger partial charge in [-0.1, -0.05) is 30.7 Å². The maximum atomic E-state index is 12.9. The number of Topliss-reactive ketones (excluding diaryl/α,β-unsaturated/α-hetero) is 1. The summed E-state index contributed by atoms with van der Waals surface area (Å²) in [7, 11) is 1.65. The third-order valence-corrected chi connectivity index (χ3v) is 5.28. The van der Waals surface area contributed by atoms with Crippen LogP contribution in [0, 0.1) is 0 Å². The molecule has 1 aromatic carbocycles. The molecule has 1 saturated carbocycles. The number of aliphatic hydroxyl groups excluding tert-OH is 1. The number of ether oxygens (including phenoxy) is 1. The molecule has 1 aromatic heterocycles. The zero-order valence-electron chi connectivity index (χ0n) is 15.9. The molecule has 0 aliphatic heterocycles. The molecule has 28 heavy (non-hydrogen) atoms. The predicted molar refractivity (Wildman–Crippen MR) is 105 cm³/mol. The van der Waals surface area contributed by atoms with Gasteiger partial charge in [-0.15, -0.1) is 0 Å². The highest BCUT2D eigenvalue weighted by Crippen LogP contribution is 2.25. The molecule has 0 bridgehead atoms. The average Bonchev–Trinajstić information content (AvgIpc) is 3.09. The van der Waals surface area contributed by atoms with Gasteiger partial charge < -0.3 is 15.2 Å². The largest absolute Gasteiger partial charge is 0.394 e. The fourth-order valence-corrected chi connectivity index (χ4v) is 3.49. The van der Waals surface area contributed by atoms with Crippen LogP contribution in [0.4, 0.5) is 0 Å². The van der Waals surface area contributed by atoms with Crippen LogP contribution in [0.5, 0.6) is 0 Å². The highest BCUT2D eigenvalue weighted by atomic mass is 35.5. The number of nitrogens with zero attached hydrogens (tertiary/aromatic N) is 2. The van der Waals surface area contributed by atoms with Crippen molar-refractivity contribution in [2.45, 2.75) is 44.4 Å². The van der Waals surface area contributed by atoms with Crippen molar-refractivity contribution in [2.75, 3.05) is 13.7 Å². The van der Waals surface area contributed by atoms with E-state index in [-0.39, 0.29) is 48.3 Å². The molecule has 1 heterocycles. The lowest BCUT2D eigenvalue weighted by molar-refractivity contribution is 0.0174. The van der Waals surface area contributed by atoms with Crippen LogP contribution < -0.4 is 5.32 Å². The maximum Gasteiger partial charge on any atom is 0.269 e. The molecule has 1 atom stereocenters. The van der Waals surface area contributed by atoms with E-state index in [0.29, 0.717) is 10.6 Å². The third-order valence-electron chi connectivity index (χ3n) is 5.04. The normalized spacial score (nSPS) is 19.7. The second-order valence-electron chi connectivity index (χ2n) is 6.89. The molecule has 0 spiro atoms. The average molecular weight is 406 g/mol. The number of nitrogens with one attached hydrogen (secondary N) is 1. The lowest BCUT2D eigenvalue weighted by Crippen LogP contribution is -2.48. The number of benzene rings is 1. The molecule has 7 nitrogen and oxygen atoms in total. The molecule has 1 aliphatic rings. The highest BCUT2D eigenvalue weighted by Gasteiger charge is 2.32. The van der Waals surface area contributed by atoms with Crippen LogP contribution in [0.3, 0.4) is 0 Å². The Labute approximate surface area is 168 Å². The number of halogens is 1. The molecule has 2 aromatic rings. The van der Waals surface area contributed by atoms with Gasteiger partial charge in [0, 0.05) is 30.7 Å². The van der Waals surface area contributed by atoms with E-state index in [2.05, 4.69) is 10.4 Å². The van der Waals surface area contributed by atoms with Crippen LogP contribution >= 0.6 is 11.6 Å². The molecular weight excluding hydrogens is 382 g/mol. The van der Waals surface area contributed by atoms with Crippen LogP contribution in [0.1, 0.15) is 58.8 Å². The Kier molecular flexibility index (Phi) is 6.49. The van der Waals surface area contributed by atoms with Gasteiger partial charge in [-0.25, -0.2) is 4.68 Å². The van der Waals surface area contributed by atoms with Crippen molar-refractivity contribution in [3.63, 3.8) is 0 Å². The Morgan fingerprint density at radius 1 is 1.39 bits per heavy atom. The van der Waals surface area contributed by atoms with Gasteiger partial charge in [0.2, 0.25) is 0 Å². The second kappa shape index (κ2) is 8.86. The van der Waals surface area contributed by atoms with Crippen LogP contribution in [0.15, 0.2) is 30.3 Å². The van der Waals surface area contributed by atoms with Gasteiger partial charge in [-0.05, 0) is 30.5 Å². The Morgan fingerprint density at radius 3 is 2.75 bits per heavy atom. The first-order valence-electron chi connectivity index (χ1n) is 9.29. The first-order valence-corrected chi connectivity index (χ1v) is 9.67. The van der Waals surface area contributed by atoms with Crippen molar-refractivity contribution in [1.82, 2.24) is 15.1 Å². The number of rotatable bonds is 8. The highest BCUT2D eigenvalue weighted by molar-refractivity contribution is 6.30. The predicted octanol–water partition coefficient (Wildman–Crippen LogP) is 2.62. The molecule has 1 amide bonds. The van der Waals surface area contributed by atoms with Gasteiger partial charge in [-0.3, -0.25) is 9.59 Å². The fraction of sp³-hybridized carbons (Fsp3) is 0.450. The Balaban J connectivity index is 1.93. The first kappa shape index (κ1) is 20.5. The maximum absolute atomic E-state index is 12.9. The summed E-state index contributed by atoms with van der Waals surface area (Å²) in [6.07, 6.45) is 1.92. The summed E-state index contributed by atoms with van der Waals surface area (Å²) in [5, 5.41) is 17.8. The van der Waals surface area contributed by atoms with Gasteiger partial charge in [0.05, 0.1) is 12.7 Å². The topological polar surface area (TPSA) is 93.5 Å². The number of ketones is 1. The Bertz CT molecular complexity index is 861. The van der Waals surface area contributed by atoms with E-state index < -0.39 is 6.04 Å². The third kappa shape index (κ3) is 4.27.